The molecular formula is C20H19N5O2. The number of pyridine rings is 1. The van der Waals surface area contributed by atoms with Crippen molar-refractivity contribution in [3.63, 3.8) is 0 Å². The Bertz CT molecular complexity index is 1050. The molecule has 1 aromatic carbocycles. The number of methoxy groups -OCH3 is 1. The Morgan fingerprint density at radius 1 is 1.22 bits per heavy atom. The van der Waals surface area contributed by atoms with Gasteiger partial charge in [0, 0.05) is 17.8 Å². The van der Waals surface area contributed by atoms with Crippen LogP contribution in [0.1, 0.15) is 24.1 Å². The fourth-order valence-electron chi connectivity index (χ4n) is 2.93. The molecule has 0 aliphatic heterocycles. The molecule has 4 rings (SSSR count). The molecule has 2 N–H and O–H groups in total. The molecule has 7 heteroatoms. The molecule has 3 heterocycles. The Labute approximate surface area is 156 Å². The molecule has 7 nitrogen and oxygen atoms in total. The van der Waals surface area contributed by atoms with Crippen LogP contribution < -0.4 is 10.1 Å². The minimum atomic E-state index is -0.159. The number of aromatic amines is 1. The number of nitrogens with zero attached hydrogens (tertiary/aromatic N) is 3. The maximum atomic E-state index is 5.25. The zero-order valence-electron chi connectivity index (χ0n) is 15.0. The van der Waals surface area contributed by atoms with Gasteiger partial charge in [0.25, 0.3) is 0 Å². The molecular weight excluding hydrogens is 342 g/mol. The van der Waals surface area contributed by atoms with E-state index in [-0.39, 0.29) is 6.04 Å². The van der Waals surface area contributed by atoms with Gasteiger partial charge in [-0.25, -0.2) is 4.98 Å². The summed E-state index contributed by atoms with van der Waals surface area (Å²) in [5, 5.41) is 11.1. The summed E-state index contributed by atoms with van der Waals surface area (Å²) in [7, 11) is 1.58. The van der Waals surface area contributed by atoms with Gasteiger partial charge in [-0.2, -0.15) is 0 Å². The zero-order valence-corrected chi connectivity index (χ0v) is 15.0. The highest BCUT2D eigenvalue weighted by molar-refractivity contribution is 5.95. The Morgan fingerprint density at radius 2 is 2.07 bits per heavy atom. The van der Waals surface area contributed by atoms with Crippen LogP contribution in [-0.2, 0) is 0 Å². The van der Waals surface area contributed by atoms with Crippen LogP contribution in [0, 0.1) is 0 Å². The SMILES string of the molecule is COc1n[nH]c2cc(NC(C)=NC(c3ccccc3)c3ccoc3)ncc12. The van der Waals surface area contributed by atoms with Crippen molar-refractivity contribution >= 4 is 22.6 Å². The van der Waals surface area contributed by atoms with E-state index in [0.29, 0.717) is 11.7 Å². The van der Waals surface area contributed by atoms with Crippen LogP contribution in [0.4, 0.5) is 5.82 Å². The number of anilines is 1. The van der Waals surface area contributed by atoms with Crippen LogP contribution in [0.25, 0.3) is 10.9 Å². The summed E-state index contributed by atoms with van der Waals surface area (Å²) >= 11 is 0. The molecule has 1 unspecified atom stereocenters. The molecule has 136 valence electrons. The summed E-state index contributed by atoms with van der Waals surface area (Å²) in [6.45, 7) is 1.91. The van der Waals surface area contributed by atoms with Gasteiger partial charge in [-0.1, -0.05) is 30.3 Å². The quantitative estimate of drug-likeness (QED) is 0.411. The van der Waals surface area contributed by atoms with E-state index in [0.717, 1.165) is 27.9 Å². The summed E-state index contributed by atoms with van der Waals surface area (Å²) in [5.41, 5.74) is 2.91. The Hall–Kier alpha value is -3.61. The molecule has 0 saturated carbocycles. The van der Waals surface area contributed by atoms with Gasteiger partial charge < -0.3 is 14.5 Å². The molecule has 0 amide bonds. The van der Waals surface area contributed by atoms with E-state index in [1.54, 1.807) is 25.8 Å². The van der Waals surface area contributed by atoms with Crippen molar-refractivity contribution in [3.05, 3.63) is 72.3 Å². The minimum absolute atomic E-state index is 0.159. The number of fused-ring (bicyclic) bond motifs is 1. The number of rotatable bonds is 5. The van der Waals surface area contributed by atoms with Crippen molar-refractivity contribution in [2.24, 2.45) is 4.99 Å². The summed E-state index contributed by atoms with van der Waals surface area (Å²) in [6.07, 6.45) is 5.10. The van der Waals surface area contributed by atoms with Gasteiger partial charge >= 0.3 is 0 Å². The summed E-state index contributed by atoms with van der Waals surface area (Å²) < 4.78 is 10.4. The fourth-order valence-corrected chi connectivity index (χ4v) is 2.93. The molecule has 0 aliphatic rings. The molecule has 0 fully saturated rings. The van der Waals surface area contributed by atoms with Crippen LogP contribution >= 0.6 is 0 Å². The van der Waals surface area contributed by atoms with Crippen molar-refractivity contribution in [2.45, 2.75) is 13.0 Å². The summed E-state index contributed by atoms with van der Waals surface area (Å²) in [6, 6.07) is 13.7. The largest absolute Gasteiger partial charge is 0.479 e. The monoisotopic (exact) mass is 361 g/mol. The normalized spacial score (nSPS) is 12.9. The first-order valence-corrected chi connectivity index (χ1v) is 8.51. The number of hydrogen-bond acceptors (Lipinski definition) is 5. The maximum absolute atomic E-state index is 5.25. The van der Waals surface area contributed by atoms with E-state index < -0.39 is 0 Å². The Balaban J connectivity index is 1.62. The third-order valence-corrected chi connectivity index (χ3v) is 4.21. The van der Waals surface area contributed by atoms with Crippen molar-refractivity contribution in [1.29, 1.82) is 0 Å². The molecule has 3 aromatic heterocycles. The fraction of sp³-hybridized carbons (Fsp3) is 0.150. The summed E-state index contributed by atoms with van der Waals surface area (Å²) in [5.74, 6) is 1.94. The molecule has 0 bridgehead atoms. The number of amidine groups is 1. The van der Waals surface area contributed by atoms with E-state index in [9.17, 15) is 0 Å². The van der Waals surface area contributed by atoms with Gasteiger partial charge in [0.15, 0.2) is 0 Å². The van der Waals surface area contributed by atoms with Crippen LogP contribution in [0.2, 0.25) is 0 Å². The lowest BCUT2D eigenvalue weighted by molar-refractivity contribution is 0.401. The van der Waals surface area contributed by atoms with Gasteiger partial charge in [0.1, 0.15) is 11.9 Å². The van der Waals surface area contributed by atoms with E-state index in [1.165, 1.54) is 0 Å². The van der Waals surface area contributed by atoms with E-state index >= 15 is 0 Å². The number of aliphatic imine (C=N–C) groups is 1. The first-order valence-electron chi connectivity index (χ1n) is 8.51. The van der Waals surface area contributed by atoms with Gasteiger partial charge in [-0.15, -0.1) is 5.10 Å². The first-order chi connectivity index (χ1) is 13.2. The predicted molar refractivity (Wildman–Crippen MR) is 104 cm³/mol. The second-order valence-corrected chi connectivity index (χ2v) is 6.06. The van der Waals surface area contributed by atoms with Crippen molar-refractivity contribution in [3.8, 4) is 5.88 Å². The average Bonchev–Trinajstić information content (AvgIpc) is 3.36. The molecule has 4 aromatic rings. The van der Waals surface area contributed by atoms with Crippen LogP contribution in [-0.4, -0.2) is 28.1 Å². The predicted octanol–water partition coefficient (Wildman–Crippen LogP) is 4.18. The van der Waals surface area contributed by atoms with Gasteiger partial charge in [0.2, 0.25) is 5.88 Å². The zero-order chi connectivity index (χ0) is 18.6. The molecule has 0 aliphatic carbocycles. The highest BCUT2D eigenvalue weighted by Gasteiger charge is 2.15. The molecule has 0 radical (unpaired) electrons. The highest BCUT2D eigenvalue weighted by Crippen LogP contribution is 2.27. The molecule has 0 saturated heterocycles. The second kappa shape index (κ2) is 7.33. The smallest absolute Gasteiger partial charge is 0.241 e. The number of aromatic nitrogens is 3. The number of hydrogen-bond donors (Lipinski definition) is 2. The average molecular weight is 361 g/mol. The lowest BCUT2D eigenvalue weighted by Gasteiger charge is -2.13. The van der Waals surface area contributed by atoms with Crippen molar-refractivity contribution < 1.29 is 9.15 Å². The van der Waals surface area contributed by atoms with Crippen LogP contribution in [0.3, 0.4) is 0 Å². The molecule has 0 spiro atoms. The lowest BCUT2D eigenvalue weighted by Crippen LogP contribution is -2.11. The van der Waals surface area contributed by atoms with Crippen molar-refractivity contribution in [1.82, 2.24) is 15.2 Å². The highest BCUT2D eigenvalue weighted by atomic mass is 16.5. The number of ether oxygens (including phenoxy) is 1. The molecule has 1 atom stereocenters. The maximum Gasteiger partial charge on any atom is 0.241 e. The number of benzene rings is 1. The third-order valence-electron chi connectivity index (χ3n) is 4.21. The van der Waals surface area contributed by atoms with Gasteiger partial charge in [-0.05, 0) is 18.6 Å². The Kier molecular flexibility index (Phi) is 4.57. The van der Waals surface area contributed by atoms with E-state index in [2.05, 4.69) is 32.6 Å². The number of nitrogens with one attached hydrogen (secondary N) is 2. The Morgan fingerprint density at radius 3 is 2.81 bits per heavy atom. The third kappa shape index (κ3) is 3.52. The minimum Gasteiger partial charge on any atom is -0.479 e. The van der Waals surface area contributed by atoms with Gasteiger partial charge in [0.05, 0.1) is 36.4 Å². The van der Waals surface area contributed by atoms with Crippen molar-refractivity contribution in [2.75, 3.05) is 12.4 Å². The second-order valence-electron chi connectivity index (χ2n) is 6.06. The summed E-state index contributed by atoms with van der Waals surface area (Å²) in [4.78, 5) is 9.26. The standard InChI is InChI=1S/C20H19N5O2/c1-13(22-18-10-17-16(11-21-18)20(26-2)25-24-17)23-19(15-8-9-27-12-15)14-6-4-3-5-7-14/h3-12,19H,1-2H3,(H,24,25)(H,21,22,23). The first kappa shape index (κ1) is 16.8. The molecule has 27 heavy (non-hydrogen) atoms. The van der Waals surface area contributed by atoms with Gasteiger partial charge in [-0.3, -0.25) is 10.1 Å². The van der Waals surface area contributed by atoms with E-state index in [1.807, 2.05) is 37.3 Å². The van der Waals surface area contributed by atoms with E-state index in [4.69, 9.17) is 14.1 Å². The number of furan rings is 1. The lowest BCUT2D eigenvalue weighted by atomic mass is 10.0. The topological polar surface area (TPSA) is 88.3 Å². The van der Waals surface area contributed by atoms with Crippen LogP contribution in [0.5, 0.6) is 5.88 Å². The van der Waals surface area contributed by atoms with Crippen LogP contribution in [0.15, 0.2) is 70.6 Å². The number of H-pyrrole nitrogens is 1.